The van der Waals surface area contributed by atoms with Gasteiger partial charge in [-0.2, -0.15) is 0 Å². The molecule has 1 N–H and O–H groups in total. The van der Waals surface area contributed by atoms with Gasteiger partial charge in [0.05, 0.1) is 17.1 Å². The smallest absolute Gasteiger partial charge is 0.265 e. The summed E-state index contributed by atoms with van der Waals surface area (Å²) in [6.07, 6.45) is 1.51. The number of halogens is 3. The fourth-order valence-electron chi connectivity index (χ4n) is 3.53. The van der Waals surface area contributed by atoms with Gasteiger partial charge in [-0.3, -0.25) is 14.2 Å². The molecule has 0 aliphatic carbocycles. The number of aliphatic hydroxyl groups is 1. The zero-order valence-electron chi connectivity index (χ0n) is 14.5. The fraction of sp³-hybridized carbons (Fsp3) is 0.263. The van der Waals surface area contributed by atoms with Crippen LogP contribution in [0.25, 0.3) is 15.9 Å². The molecule has 0 saturated carbocycles. The number of aliphatic hydroxyl groups excluding tert-OH is 1. The van der Waals surface area contributed by atoms with Gasteiger partial charge in [-0.1, -0.05) is 6.07 Å². The molecule has 5 nitrogen and oxygen atoms in total. The average Bonchev–Trinajstić information content (AvgIpc) is 3.27. The van der Waals surface area contributed by atoms with Crippen molar-refractivity contribution < 1.29 is 18.7 Å². The molecule has 0 unspecified atom stereocenters. The topological polar surface area (TPSA) is 62.5 Å². The standard InChI is InChI=1S/C19H15BrF2N2O3S/c20-15-11-6-7-14(26)24(16-12(21)4-1-5-13(16)22)19(11)28-17(15)18(27)23-8-2-3-10(23)9-25/h1,4-7,10,25H,2-3,8-9H2/t10-/m1/s1. The SMILES string of the molecule is O=C(c1sc2c(ccc(=O)n2-c2c(F)cccc2F)c1Br)N1CCC[C@@H]1CO. The van der Waals surface area contributed by atoms with Gasteiger partial charge < -0.3 is 10.0 Å². The molecule has 1 aliphatic rings. The maximum atomic E-state index is 14.3. The second-order valence-corrected chi connectivity index (χ2v) is 8.31. The van der Waals surface area contributed by atoms with Gasteiger partial charge in [0.2, 0.25) is 0 Å². The van der Waals surface area contributed by atoms with Crippen molar-refractivity contribution in [1.82, 2.24) is 9.47 Å². The number of benzene rings is 1. The number of fused-ring (bicyclic) bond motifs is 1. The lowest BCUT2D eigenvalue weighted by Crippen LogP contribution is -2.37. The van der Waals surface area contributed by atoms with E-state index in [4.69, 9.17) is 0 Å². The van der Waals surface area contributed by atoms with Crippen molar-refractivity contribution in [3.05, 3.63) is 61.7 Å². The van der Waals surface area contributed by atoms with Crippen LogP contribution in [0.4, 0.5) is 8.78 Å². The molecule has 3 heterocycles. The van der Waals surface area contributed by atoms with Gasteiger partial charge in [0.15, 0.2) is 0 Å². The second-order valence-electron chi connectivity index (χ2n) is 6.52. The largest absolute Gasteiger partial charge is 0.394 e. The molecule has 1 saturated heterocycles. The summed E-state index contributed by atoms with van der Waals surface area (Å²) >= 11 is 4.40. The molecule has 0 bridgehead atoms. The number of pyridine rings is 1. The third-order valence-electron chi connectivity index (χ3n) is 4.89. The first-order valence-corrected chi connectivity index (χ1v) is 10.2. The van der Waals surface area contributed by atoms with Crippen molar-refractivity contribution in [2.45, 2.75) is 18.9 Å². The highest BCUT2D eigenvalue weighted by Gasteiger charge is 2.32. The first-order chi connectivity index (χ1) is 13.4. The summed E-state index contributed by atoms with van der Waals surface area (Å²) in [5, 5.41) is 10.0. The Hall–Kier alpha value is -2.10. The number of hydrogen-bond donors (Lipinski definition) is 1. The van der Waals surface area contributed by atoms with Crippen LogP contribution in [0.2, 0.25) is 0 Å². The van der Waals surface area contributed by atoms with Crippen LogP contribution in [0.15, 0.2) is 39.6 Å². The molecule has 0 radical (unpaired) electrons. The van der Waals surface area contributed by atoms with Gasteiger partial charge >= 0.3 is 0 Å². The minimum Gasteiger partial charge on any atom is -0.394 e. The normalized spacial score (nSPS) is 16.9. The Labute approximate surface area is 170 Å². The molecule has 2 aromatic heterocycles. The lowest BCUT2D eigenvalue weighted by Gasteiger charge is -2.22. The van der Waals surface area contributed by atoms with Gasteiger partial charge in [-0.25, -0.2) is 8.78 Å². The van der Waals surface area contributed by atoms with E-state index >= 15 is 0 Å². The molecular formula is C19H15BrF2N2O3S. The van der Waals surface area contributed by atoms with Crippen molar-refractivity contribution in [3.63, 3.8) is 0 Å². The highest BCUT2D eigenvalue weighted by molar-refractivity contribution is 9.10. The summed E-state index contributed by atoms with van der Waals surface area (Å²) in [6, 6.07) is 5.87. The Balaban J connectivity index is 1.93. The molecule has 9 heteroatoms. The van der Waals surface area contributed by atoms with Crippen LogP contribution in [0.1, 0.15) is 22.5 Å². The number of amides is 1. The third-order valence-corrected chi connectivity index (χ3v) is 7.15. The van der Waals surface area contributed by atoms with E-state index in [1.807, 2.05) is 0 Å². The number of thiophene rings is 1. The fourth-order valence-corrected chi connectivity index (χ4v) is 5.54. The summed E-state index contributed by atoms with van der Waals surface area (Å²) in [7, 11) is 0. The zero-order valence-corrected chi connectivity index (χ0v) is 16.9. The lowest BCUT2D eigenvalue weighted by molar-refractivity contribution is 0.0682. The van der Waals surface area contributed by atoms with Gasteiger partial charge in [-0.05, 0) is 47.0 Å². The van der Waals surface area contributed by atoms with Crippen LogP contribution < -0.4 is 5.56 Å². The Bertz CT molecular complexity index is 1120. The first kappa shape index (κ1) is 19.2. The molecule has 4 rings (SSSR count). The molecule has 0 spiro atoms. The van der Waals surface area contributed by atoms with Crippen molar-refractivity contribution in [2.75, 3.05) is 13.2 Å². The van der Waals surface area contributed by atoms with E-state index in [0.29, 0.717) is 21.3 Å². The van der Waals surface area contributed by atoms with E-state index in [-0.39, 0.29) is 23.4 Å². The Kier molecular flexibility index (Phi) is 5.07. The van der Waals surface area contributed by atoms with E-state index < -0.39 is 22.9 Å². The van der Waals surface area contributed by atoms with Crippen LogP contribution in [0.3, 0.4) is 0 Å². The molecule has 1 fully saturated rings. The molecule has 1 amide bonds. The molecule has 28 heavy (non-hydrogen) atoms. The number of para-hydroxylation sites is 1. The Morgan fingerprint density at radius 2 is 1.96 bits per heavy atom. The van der Waals surface area contributed by atoms with Gasteiger partial charge in [0, 0.05) is 18.0 Å². The summed E-state index contributed by atoms with van der Waals surface area (Å²) in [5.74, 6) is -2.02. The first-order valence-electron chi connectivity index (χ1n) is 8.64. The van der Waals surface area contributed by atoms with Crippen molar-refractivity contribution in [1.29, 1.82) is 0 Å². The zero-order chi connectivity index (χ0) is 20.0. The quantitative estimate of drug-likeness (QED) is 0.637. The number of hydrogen-bond acceptors (Lipinski definition) is 4. The molecular weight excluding hydrogens is 454 g/mol. The number of carbonyl (C=O) groups excluding carboxylic acids is 1. The Morgan fingerprint density at radius 3 is 2.64 bits per heavy atom. The van der Waals surface area contributed by atoms with E-state index in [9.17, 15) is 23.5 Å². The minimum absolute atomic E-state index is 0.126. The van der Waals surface area contributed by atoms with Crippen LogP contribution in [0, 0.1) is 11.6 Å². The molecule has 1 aliphatic heterocycles. The van der Waals surface area contributed by atoms with Crippen LogP contribution in [-0.4, -0.2) is 39.7 Å². The number of likely N-dealkylation sites (tertiary alicyclic amines) is 1. The van der Waals surface area contributed by atoms with Crippen LogP contribution in [0.5, 0.6) is 0 Å². The third kappa shape index (κ3) is 2.98. The summed E-state index contributed by atoms with van der Waals surface area (Å²) < 4.78 is 30.1. The van der Waals surface area contributed by atoms with Crippen molar-refractivity contribution >= 4 is 43.4 Å². The molecule has 3 aromatic rings. The van der Waals surface area contributed by atoms with Crippen LogP contribution in [-0.2, 0) is 0 Å². The van der Waals surface area contributed by atoms with Crippen molar-refractivity contribution in [2.24, 2.45) is 0 Å². The molecule has 1 aromatic carbocycles. The van der Waals surface area contributed by atoms with Gasteiger partial charge in [0.1, 0.15) is 27.0 Å². The lowest BCUT2D eigenvalue weighted by atomic mass is 10.2. The minimum atomic E-state index is -0.869. The monoisotopic (exact) mass is 468 g/mol. The second kappa shape index (κ2) is 7.38. The predicted molar refractivity (Wildman–Crippen MR) is 106 cm³/mol. The van der Waals surface area contributed by atoms with Crippen LogP contribution >= 0.6 is 27.3 Å². The van der Waals surface area contributed by atoms with Gasteiger partial charge in [0.25, 0.3) is 11.5 Å². The predicted octanol–water partition coefficient (Wildman–Crippen LogP) is 3.69. The number of nitrogens with zero attached hydrogens (tertiary/aromatic N) is 2. The van der Waals surface area contributed by atoms with E-state index in [1.54, 1.807) is 4.90 Å². The van der Waals surface area contributed by atoms with E-state index in [1.165, 1.54) is 18.2 Å². The number of carbonyl (C=O) groups is 1. The average molecular weight is 469 g/mol. The van der Waals surface area contributed by atoms with Gasteiger partial charge in [-0.15, -0.1) is 11.3 Å². The highest BCUT2D eigenvalue weighted by Crippen LogP contribution is 2.38. The van der Waals surface area contributed by atoms with Crippen molar-refractivity contribution in [3.8, 4) is 5.69 Å². The highest BCUT2D eigenvalue weighted by atomic mass is 79.9. The molecule has 1 atom stereocenters. The van der Waals surface area contributed by atoms with E-state index in [0.717, 1.165) is 40.9 Å². The number of aromatic nitrogens is 1. The summed E-state index contributed by atoms with van der Waals surface area (Å²) in [6.45, 7) is 0.402. The van der Waals surface area contributed by atoms with E-state index in [2.05, 4.69) is 15.9 Å². The Morgan fingerprint density at radius 1 is 1.25 bits per heavy atom. The summed E-state index contributed by atoms with van der Waals surface area (Å²) in [4.78, 5) is 27.7. The number of rotatable bonds is 3. The summed E-state index contributed by atoms with van der Waals surface area (Å²) in [5.41, 5.74) is -1.07. The maximum Gasteiger partial charge on any atom is 0.265 e. The maximum absolute atomic E-state index is 14.3. The molecule has 146 valence electrons.